The maximum Gasteiger partial charge on any atom is 0.303 e. The molecule has 0 aromatic carbocycles. The standard InChI is InChI=1S/C28H35NO8/c1-12-7-26-10-18-21-25(6)8-17(34-13(2)30)9-27(21)22(26)20(35-14(3)31)19(12)23(36-15(4)32)28(26,37-16(5)33)24(27)29(18)11-25/h17-24H,1,7-11H2,2-6H3/t17-,18-,19+,20+,21+,22+,23+,24-,25-,26+,27-,28-/m0/s1. The number of piperidine rings is 2. The molecule has 13 atom stereocenters. The van der Waals surface area contributed by atoms with Gasteiger partial charge in [0.2, 0.25) is 0 Å². The van der Waals surface area contributed by atoms with Crippen molar-refractivity contribution < 1.29 is 38.1 Å². The molecule has 9 rings (SSSR count). The molecule has 9 nitrogen and oxygen atoms in total. The lowest BCUT2D eigenvalue weighted by Crippen LogP contribution is -2.78. The Kier molecular flexibility index (Phi) is 4.33. The maximum atomic E-state index is 12.9. The van der Waals surface area contributed by atoms with Gasteiger partial charge in [-0.25, -0.2) is 0 Å². The lowest BCUT2D eigenvalue weighted by atomic mass is 9.39. The van der Waals surface area contributed by atoms with Crippen LogP contribution in [0.1, 0.15) is 60.3 Å². The summed E-state index contributed by atoms with van der Waals surface area (Å²) >= 11 is 0. The SMILES string of the molecule is C=C1C[C@@]23C[C@H]4[C@@H]5[C@@]6(C)C[C@H](OC(C)=O)C[C@@]57[C@@H]2[C@H](OC(C)=O)[C@@H]1[C@@H](OC(C)=O)[C@]3(OC(C)=O)[C@H]7N4C6. The van der Waals surface area contributed by atoms with Gasteiger partial charge >= 0.3 is 23.9 Å². The van der Waals surface area contributed by atoms with Crippen molar-refractivity contribution in [3.05, 3.63) is 12.2 Å². The summed E-state index contributed by atoms with van der Waals surface area (Å²) in [5.74, 6) is -1.90. The Morgan fingerprint density at radius 3 is 2.19 bits per heavy atom. The minimum atomic E-state index is -1.08. The molecule has 0 N–H and O–H groups in total. The molecule has 3 aliphatic heterocycles. The zero-order valence-corrected chi connectivity index (χ0v) is 22.1. The third kappa shape index (κ3) is 2.38. The molecule has 0 aromatic rings. The van der Waals surface area contributed by atoms with Crippen molar-refractivity contribution in [2.45, 2.75) is 96.3 Å². The minimum Gasteiger partial charge on any atom is -0.463 e. The first kappa shape index (κ1) is 23.7. The van der Waals surface area contributed by atoms with Gasteiger partial charge in [-0.15, -0.1) is 0 Å². The zero-order valence-electron chi connectivity index (χ0n) is 22.1. The third-order valence-corrected chi connectivity index (χ3v) is 11.4. The molecule has 6 aliphatic carbocycles. The normalized spacial score (nSPS) is 54.7. The largest absolute Gasteiger partial charge is 0.463 e. The number of rotatable bonds is 4. The van der Waals surface area contributed by atoms with E-state index in [4.69, 9.17) is 18.9 Å². The van der Waals surface area contributed by atoms with Crippen LogP contribution >= 0.6 is 0 Å². The summed E-state index contributed by atoms with van der Waals surface area (Å²) in [6, 6.07) is 0.0659. The second-order valence-corrected chi connectivity index (χ2v) is 13.2. The second kappa shape index (κ2) is 6.77. The van der Waals surface area contributed by atoms with Crippen molar-refractivity contribution in [3.8, 4) is 0 Å². The van der Waals surface area contributed by atoms with Crippen LogP contribution in [0, 0.1) is 34.0 Å². The number of carbonyl (C=O) groups excluding carboxylic acids is 4. The highest BCUT2D eigenvalue weighted by Crippen LogP contribution is 2.89. The van der Waals surface area contributed by atoms with Crippen LogP contribution < -0.4 is 0 Å². The van der Waals surface area contributed by atoms with Crippen LogP contribution in [0.5, 0.6) is 0 Å². The van der Waals surface area contributed by atoms with Crippen molar-refractivity contribution in [1.29, 1.82) is 0 Å². The number of hydrogen-bond acceptors (Lipinski definition) is 9. The van der Waals surface area contributed by atoms with Crippen LogP contribution in [-0.4, -0.2) is 71.3 Å². The Labute approximate surface area is 216 Å². The molecule has 1 unspecified atom stereocenters. The third-order valence-electron chi connectivity index (χ3n) is 11.4. The second-order valence-electron chi connectivity index (χ2n) is 13.2. The summed E-state index contributed by atoms with van der Waals surface area (Å²) in [4.78, 5) is 52.7. The van der Waals surface area contributed by atoms with Gasteiger partial charge in [-0.1, -0.05) is 19.1 Å². The van der Waals surface area contributed by atoms with Crippen molar-refractivity contribution in [3.63, 3.8) is 0 Å². The average molecular weight is 514 g/mol. The predicted octanol–water partition coefficient (Wildman–Crippen LogP) is 2.16. The van der Waals surface area contributed by atoms with Crippen LogP contribution in [0.2, 0.25) is 0 Å². The summed E-state index contributed by atoms with van der Waals surface area (Å²) in [6.07, 6.45) is 1.15. The van der Waals surface area contributed by atoms with Gasteiger partial charge in [0.15, 0.2) is 11.7 Å². The van der Waals surface area contributed by atoms with Crippen LogP contribution in [-0.2, 0) is 38.1 Å². The Morgan fingerprint density at radius 1 is 0.892 bits per heavy atom. The van der Waals surface area contributed by atoms with Crippen molar-refractivity contribution in [2.24, 2.45) is 34.0 Å². The van der Waals surface area contributed by atoms with E-state index in [1.807, 2.05) is 0 Å². The molecule has 3 heterocycles. The summed E-state index contributed by atoms with van der Waals surface area (Å²) in [5, 5.41) is 0. The number of esters is 4. The average Bonchev–Trinajstić information content (AvgIpc) is 3.15. The smallest absolute Gasteiger partial charge is 0.303 e. The fraction of sp³-hybridized carbons (Fsp3) is 0.786. The van der Waals surface area contributed by atoms with Gasteiger partial charge in [-0.3, -0.25) is 24.1 Å². The fourth-order valence-corrected chi connectivity index (χ4v) is 12.0. The quantitative estimate of drug-likeness (QED) is 0.317. The van der Waals surface area contributed by atoms with E-state index < -0.39 is 52.5 Å². The molecule has 9 aliphatic rings. The Hall–Kier alpha value is -2.42. The molecule has 9 bridgehead atoms. The number of hydrogen-bond donors (Lipinski definition) is 0. The number of ether oxygens (including phenoxy) is 4. The summed E-state index contributed by atoms with van der Waals surface area (Å²) in [7, 11) is 0. The molecule has 0 amide bonds. The van der Waals surface area contributed by atoms with E-state index in [2.05, 4.69) is 18.4 Å². The van der Waals surface area contributed by atoms with E-state index in [-0.39, 0.29) is 41.4 Å². The molecule has 6 saturated carbocycles. The first-order chi connectivity index (χ1) is 17.3. The number of carbonyl (C=O) groups is 4. The maximum absolute atomic E-state index is 12.9. The van der Waals surface area contributed by atoms with E-state index in [1.165, 1.54) is 27.7 Å². The Morgan fingerprint density at radius 2 is 1.57 bits per heavy atom. The van der Waals surface area contributed by atoms with Gasteiger partial charge in [0, 0.05) is 57.0 Å². The molecule has 0 radical (unpaired) electrons. The zero-order chi connectivity index (χ0) is 26.4. The van der Waals surface area contributed by atoms with Gasteiger partial charge in [0.05, 0.1) is 12.0 Å². The van der Waals surface area contributed by atoms with E-state index >= 15 is 0 Å². The van der Waals surface area contributed by atoms with Gasteiger partial charge in [-0.05, 0) is 37.0 Å². The Balaban J connectivity index is 1.51. The highest BCUT2D eigenvalue weighted by atomic mass is 16.6. The molecule has 2 spiro atoms. The number of fused-ring (bicyclic) bond motifs is 1. The van der Waals surface area contributed by atoms with Gasteiger partial charge in [0.1, 0.15) is 12.2 Å². The molecule has 200 valence electrons. The summed E-state index contributed by atoms with van der Waals surface area (Å²) in [6.45, 7) is 13.1. The highest BCUT2D eigenvalue weighted by Gasteiger charge is 2.97. The highest BCUT2D eigenvalue weighted by molar-refractivity contribution is 5.71. The van der Waals surface area contributed by atoms with Gasteiger partial charge < -0.3 is 18.9 Å². The van der Waals surface area contributed by atoms with Gasteiger partial charge in [-0.2, -0.15) is 0 Å². The van der Waals surface area contributed by atoms with Crippen LogP contribution in [0.25, 0.3) is 0 Å². The first-order valence-corrected chi connectivity index (χ1v) is 13.5. The van der Waals surface area contributed by atoms with E-state index in [0.29, 0.717) is 12.8 Å². The summed E-state index contributed by atoms with van der Waals surface area (Å²) in [5.41, 5.74) is -1.30. The summed E-state index contributed by atoms with van der Waals surface area (Å²) < 4.78 is 24.7. The topological polar surface area (TPSA) is 108 Å². The molecule has 9 heteroatoms. The van der Waals surface area contributed by atoms with Crippen molar-refractivity contribution >= 4 is 23.9 Å². The van der Waals surface area contributed by atoms with Crippen LogP contribution in [0.3, 0.4) is 0 Å². The van der Waals surface area contributed by atoms with E-state index in [9.17, 15) is 19.2 Å². The fourth-order valence-electron chi connectivity index (χ4n) is 12.0. The predicted molar refractivity (Wildman–Crippen MR) is 126 cm³/mol. The van der Waals surface area contributed by atoms with E-state index in [1.54, 1.807) is 0 Å². The molecule has 0 aromatic heterocycles. The lowest BCUT2D eigenvalue weighted by Gasteiger charge is -2.68. The monoisotopic (exact) mass is 513 g/mol. The Bertz CT molecular complexity index is 1180. The number of nitrogens with zero attached hydrogens (tertiary/aromatic N) is 1. The van der Waals surface area contributed by atoms with Crippen molar-refractivity contribution in [2.75, 3.05) is 6.54 Å². The van der Waals surface area contributed by atoms with Crippen LogP contribution in [0.4, 0.5) is 0 Å². The van der Waals surface area contributed by atoms with Gasteiger partial charge in [0.25, 0.3) is 0 Å². The minimum absolute atomic E-state index is 0.0933. The lowest BCUT2D eigenvalue weighted by molar-refractivity contribution is -0.292. The molecular formula is C28H35NO8. The van der Waals surface area contributed by atoms with E-state index in [0.717, 1.165) is 25.0 Å². The molecular weight excluding hydrogens is 478 g/mol. The van der Waals surface area contributed by atoms with Crippen LogP contribution in [0.15, 0.2) is 12.2 Å². The molecule has 9 fully saturated rings. The van der Waals surface area contributed by atoms with Crippen molar-refractivity contribution in [1.82, 2.24) is 4.90 Å². The first-order valence-electron chi connectivity index (χ1n) is 13.5. The molecule has 37 heavy (non-hydrogen) atoms. The molecule has 3 saturated heterocycles.